The third kappa shape index (κ3) is 4.59. The van der Waals surface area contributed by atoms with Crippen LogP contribution >= 0.6 is 0 Å². The highest BCUT2D eigenvalue weighted by Crippen LogP contribution is 2.19. The Labute approximate surface area is 104 Å². The molecule has 94 valence electrons. The summed E-state index contributed by atoms with van der Waals surface area (Å²) in [5.41, 5.74) is 1.12. The second kappa shape index (κ2) is 5.85. The lowest BCUT2D eigenvalue weighted by molar-refractivity contribution is -0.123. The van der Waals surface area contributed by atoms with E-state index in [1.54, 1.807) is 0 Å². The number of benzene rings is 1. The Kier molecular flexibility index (Phi) is 4.73. The van der Waals surface area contributed by atoms with Crippen LogP contribution in [0, 0.1) is 0 Å². The molecule has 0 aliphatic carbocycles. The van der Waals surface area contributed by atoms with Crippen LogP contribution in [0.25, 0.3) is 0 Å². The molecule has 0 bridgehead atoms. The summed E-state index contributed by atoms with van der Waals surface area (Å²) in [5.74, 6) is 0.400. The summed E-state index contributed by atoms with van der Waals surface area (Å²) in [6.07, 6.45) is 1.49. The van der Waals surface area contributed by atoms with E-state index in [0.29, 0.717) is 6.42 Å². The standard InChI is InChI=1S/C15H23NO/c1-5-15(3,4)16-14(17)11-12(2)13-9-7-6-8-10-13/h6-10,12H,5,11H2,1-4H3,(H,16,17)/t12-/m1/s1. The molecule has 1 atom stereocenters. The van der Waals surface area contributed by atoms with Crippen LogP contribution in [0.3, 0.4) is 0 Å². The van der Waals surface area contributed by atoms with Crippen molar-refractivity contribution in [2.24, 2.45) is 0 Å². The van der Waals surface area contributed by atoms with E-state index in [1.165, 1.54) is 5.56 Å². The number of amides is 1. The minimum Gasteiger partial charge on any atom is -0.351 e. The van der Waals surface area contributed by atoms with Crippen LogP contribution in [0.1, 0.15) is 52.0 Å². The molecule has 1 N–H and O–H groups in total. The molecule has 1 aromatic carbocycles. The monoisotopic (exact) mass is 233 g/mol. The average Bonchev–Trinajstić information content (AvgIpc) is 2.29. The van der Waals surface area contributed by atoms with E-state index >= 15 is 0 Å². The molecule has 1 rings (SSSR count). The van der Waals surface area contributed by atoms with Crippen LogP contribution < -0.4 is 5.32 Å². The quantitative estimate of drug-likeness (QED) is 0.828. The maximum Gasteiger partial charge on any atom is 0.221 e. The minimum atomic E-state index is -0.104. The van der Waals surface area contributed by atoms with Gasteiger partial charge in [0, 0.05) is 12.0 Å². The van der Waals surface area contributed by atoms with Gasteiger partial charge in [-0.05, 0) is 31.7 Å². The fraction of sp³-hybridized carbons (Fsp3) is 0.533. The lowest BCUT2D eigenvalue weighted by Gasteiger charge is -2.25. The van der Waals surface area contributed by atoms with Crippen molar-refractivity contribution >= 4 is 5.91 Å². The number of hydrogen-bond donors (Lipinski definition) is 1. The van der Waals surface area contributed by atoms with Crippen LogP contribution in [-0.4, -0.2) is 11.4 Å². The van der Waals surface area contributed by atoms with Gasteiger partial charge in [0.2, 0.25) is 5.91 Å². The van der Waals surface area contributed by atoms with E-state index in [-0.39, 0.29) is 17.4 Å². The van der Waals surface area contributed by atoms with Crippen LogP contribution in [0.4, 0.5) is 0 Å². The van der Waals surface area contributed by atoms with E-state index in [4.69, 9.17) is 0 Å². The highest BCUT2D eigenvalue weighted by Gasteiger charge is 2.19. The Balaban J connectivity index is 2.52. The van der Waals surface area contributed by atoms with Gasteiger partial charge < -0.3 is 5.32 Å². The van der Waals surface area contributed by atoms with Crippen molar-refractivity contribution in [1.29, 1.82) is 0 Å². The molecule has 2 heteroatoms. The van der Waals surface area contributed by atoms with E-state index < -0.39 is 0 Å². The normalized spacial score (nSPS) is 13.2. The molecule has 1 amide bonds. The zero-order valence-corrected chi connectivity index (χ0v) is 11.3. The molecule has 0 aliphatic heterocycles. The van der Waals surface area contributed by atoms with E-state index in [9.17, 15) is 4.79 Å². The van der Waals surface area contributed by atoms with Crippen molar-refractivity contribution in [3.05, 3.63) is 35.9 Å². The Morgan fingerprint density at radius 3 is 2.41 bits per heavy atom. The van der Waals surface area contributed by atoms with Gasteiger partial charge >= 0.3 is 0 Å². The van der Waals surface area contributed by atoms with Crippen molar-refractivity contribution in [2.75, 3.05) is 0 Å². The predicted molar refractivity (Wildman–Crippen MR) is 72.0 cm³/mol. The number of hydrogen-bond acceptors (Lipinski definition) is 1. The fourth-order valence-electron chi connectivity index (χ4n) is 1.69. The molecule has 0 fully saturated rings. The van der Waals surface area contributed by atoms with E-state index in [0.717, 1.165) is 6.42 Å². The topological polar surface area (TPSA) is 29.1 Å². The summed E-state index contributed by atoms with van der Waals surface area (Å²) >= 11 is 0. The number of nitrogens with one attached hydrogen (secondary N) is 1. The molecule has 0 aromatic heterocycles. The second-order valence-electron chi connectivity index (χ2n) is 5.30. The Morgan fingerprint density at radius 1 is 1.29 bits per heavy atom. The summed E-state index contributed by atoms with van der Waals surface area (Å²) < 4.78 is 0. The molecule has 17 heavy (non-hydrogen) atoms. The molecule has 1 aromatic rings. The van der Waals surface area contributed by atoms with Gasteiger partial charge in [-0.25, -0.2) is 0 Å². The molecule has 0 saturated carbocycles. The first kappa shape index (κ1) is 13.8. The van der Waals surface area contributed by atoms with E-state index in [2.05, 4.69) is 45.1 Å². The number of carbonyl (C=O) groups excluding carboxylic acids is 1. The Morgan fingerprint density at radius 2 is 1.88 bits per heavy atom. The molecule has 0 spiro atoms. The highest BCUT2D eigenvalue weighted by molar-refractivity contribution is 5.77. The van der Waals surface area contributed by atoms with Gasteiger partial charge in [-0.1, -0.05) is 44.2 Å². The summed E-state index contributed by atoms with van der Waals surface area (Å²) in [6, 6.07) is 10.2. The Hall–Kier alpha value is -1.31. The summed E-state index contributed by atoms with van der Waals surface area (Å²) in [7, 11) is 0. The van der Waals surface area contributed by atoms with Crippen molar-refractivity contribution in [2.45, 2.75) is 52.0 Å². The average molecular weight is 233 g/mol. The van der Waals surface area contributed by atoms with Gasteiger partial charge in [0.25, 0.3) is 0 Å². The number of rotatable bonds is 5. The molecular weight excluding hydrogens is 210 g/mol. The molecular formula is C15H23NO. The first-order valence-electron chi connectivity index (χ1n) is 6.30. The lowest BCUT2D eigenvalue weighted by Crippen LogP contribution is -2.43. The molecule has 2 nitrogen and oxygen atoms in total. The fourth-order valence-corrected chi connectivity index (χ4v) is 1.69. The van der Waals surface area contributed by atoms with E-state index in [1.807, 2.05) is 18.2 Å². The van der Waals surface area contributed by atoms with Crippen molar-refractivity contribution in [3.8, 4) is 0 Å². The van der Waals surface area contributed by atoms with Gasteiger partial charge in [-0.15, -0.1) is 0 Å². The first-order valence-corrected chi connectivity index (χ1v) is 6.30. The SMILES string of the molecule is CCC(C)(C)NC(=O)C[C@@H](C)c1ccccc1. The third-order valence-corrected chi connectivity index (χ3v) is 3.22. The Bertz CT molecular complexity index is 356. The smallest absolute Gasteiger partial charge is 0.221 e. The molecule has 0 aliphatic rings. The highest BCUT2D eigenvalue weighted by atomic mass is 16.1. The maximum atomic E-state index is 11.9. The van der Waals surface area contributed by atoms with Crippen LogP contribution in [-0.2, 0) is 4.79 Å². The van der Waals surface area contributed by atoms with Gasteiger partial charge in [-0.2, -0.15) is 0 Å². The van der Waals surface area contributed by atoms with Gasteiger partial charge in [0.1, 0.15) is 0 Å². The molecule has 0 radical (unpaired) electrons. The van der Waals surface area contributed by atoms with Gasteiger partial charge in [0.05, 0.1) is 0 Å². The van der Waals surface area contributed by atoms with Crippen LogP contribution in [0.2, 0.25) is 0 Å². The summed E-state index contributed by atoms with van der Waals surface area (Å²) in [4.78, 5) is 11.9. The number of carbonyl (C=O) groups is 1. The third-order valence-electron chi connectivity index (χ3n) is 3.22. The largest absolute Gasteiger partial charge is 0.351 e. The zero-order valence-electron chi connectivity index (χ0n) is 11.3. The van der Waals surface area contributed by atoms with Crippen LogP contribution in [0.5, 0.6) is 0 Å². The first-order chi connectivity index (χ1) is 7.94. The minimum absolute atomic E-state index is 0.104. The van der Waals surface area contributed by atoms with Crippen molar-refractivity contribution in [3.63, 3.8) is 0 Å². The van der Waals surface area contributed by atoms with Crippen molar-refractivity contribution in [1.82, 2.24) is 5.32 Å². The summed E-state index contributed by atoms with van der Waals surface area (Å²) in [5, 5.41) is 3.07. The van der Waals surface area contributed by atoms with Crippen molar-refractivity contribution < 1.29 is 4.79 Å². The second-order valence-corrected chi connectivity index (χ2v) is 5.30. The molecule has 0 saturated heterocycles. The molecule has 0 unspecified atom stereocenters. The maximum absolute atomic E-state index is 11.9. The predicted octanol–water partition coefficient (Wildman–Crippen LogP) is 3.49. The lowest BCUT2D eigenvalue weighted by atomic mass is 9.96. The van der Waals surface area contributed by atoms with Gasteiger partial charge in [-0.3, -0.25) is 4.79 Å². The zero-order chi connectivity index (χ0) is 12.9. The molecule has 0 heterocycles. The van der Waals surface area contributed by atoms with Gasteiger partial charge in [0.15, 0.2) is 0 Å². The summed E-state index contributed by atoms with van der Waals surface area (Å²) in [6.45, 7) is 8.28. The van der Waals surface area contributed by atoms with Crippen LogP contribution in [0.15, 0.2) is 30.3 Å².